The van der Waals surface area contributed by atoms with E-state index >= 15 is 0 Å². The molecule has 6 nitrogen and oxygen atoms in total. The van der Waals surface area contributed by atoms with Crippen LogP contribution in [0.15, 0.2) is 36.4 Å². The Morgan fingerprint density at radius 2 is 1.71 bits per heavy atom. The number of hydrogen-bond donors (Lipinski definition) is 4. The number of alkyl halides is 3. The van der Waals surface area contributed by atoms with E-state index in [2.05, 4.69) is 22.0 Å². The maximum atomic E-state index is 13.1. The van der Waals surface area contributed by atoms with Gasteiger partial charge in [0.1, 0.15) is 6.42 Å². The summed E-state index contributed by atoms with van der Waals surface area (Å²) in [5.41, 5.74) is 2.54. The highest BCUT2D eigenvalue weighted by Gasteiger charge is 2.32. The molecule has 2 amide bonds. The Balaban J connectivity index is 1.96. The van der Waals surface area contributed by atoms with Crippen molar-refractivity contribution in [3.63, 3.8) is 0 Å². The van der Waals surface area contributed by atoms with Gasteiger partial charge in [-0.05, 0) is 56.0 Å². The molecule has 0 saturated heterocycles. The zero-order valence-electron chi connectivity index (χ0n) is 20.6. The number of anilines is 1. The van der Waals surface area contributed by atoms with Gasteiger partial charge < -0.3 is 21.1 Å². The van der Waals surface area contributed by atoms with E-state index in [1.807, 2.05) is 32.9 Å². The van der Waals surface area contributed by atoms with E-state index < -0.39 is 42.1 Å². The molecule has 2 aromatic carbocycles. The summed E-state index contributed by atoms with van der Waals surface area (Å²) in [6, 6.07) is 8.94. The van der Waals surface area contributed by atoms with Crippen LogP contribution in [0.5, 0.6) is 0 Å². The van der Waals surface area contributed by atoms with Crippen molar-refractivity contribution in [3.8, 4) is 0 Å². The molecule has 0 fully saturated rings. The lowest BCUT2D eigenvalue weighted by atomic mass is 10.0. The Labute approximate surface area is 204 Å². The fourth-order valence-corrected chi connectivity index (χ4v) is 3.80. The molecule has 0 aliphatic carbocycles. The number of benzene rings is 2. The molecule has 0 bridgehead atoms. The molecule has 0 aromatic heterocycles. The molecule has 4 N–H and O–H groups in total. The highest BCUT2D eigenvalue weighted by atomic mass is 19.4. The second kappa shape index (κ2) is 12.7. The van der Waals surface area contributed by atoms with Crippen molar-refractivity contribution in [1.29, 1.82) is 0 Å². The van der Waals surface area contributed by atoms with Gasteiger partial charge in [-0.3, -0.25) is 9.59 Å². The number of carbonyl (C=O) groups excluding carboxylic acids is 2. The van der Waals surface area contributed by atoms with Gasteiger partial charge >= 0.3 is 6.18 Å². The molecule has 2 aromatic rings. The molecule has 0 spiro atoms. The first-order valence-electron chi connectivity index (χ1n) is 11.6. The fraction of sp³-hybridized carbons (Fsp3) is 0.462. The van der Waals surface area contributed by atoms with E-state index in [-0.39, 0.29) is 17.8 Å². The van der Waals surface area contributed by atoms with Gasteiger partial charge in [-0.15, -0.1) is 0 Å². The minimum Gasteiger partial charge on any atom is -0.391 e. The highest BCUT2D eigenvalue weighted by molar-refractivity contribution is 6.03. The van der Waals surface area contributed by atoms with Gasteiger partial charge in [-0.25, -0.2) is 0 Å². The minimum atomic E-state index is -4.55. The summed E-state index contributed by atoms with van der Waals surface area (Å²) in [5, 5.41) is 18.7. The first-order chi connectivity index (χ1) is 16.4. The van der Waals surface area contributed by atoms with Crippen LogP contribution in [-0.4, -0.2) is 35.6 Å². The summed E-state index contributed by atoms with van der Waals surface area (Å²) in [5.74, 6) is -1.37. The summed E-state index contributed by atoms with van der Waals surface area (Å²) < 4.78 is 39.3. The SMILES string of the molecule is CCC[C@H](O)[C@H](CNCc1ccc(C)cc1C)NC(=O)CC(=O)Nc1ccc(C)c(C(F)(F)F)c1. The van der Waals surface area contributed by atoms with E-state index in [0.717, 1.165) is 22.8 Å². The number of hydrogen-bond acceptors (Lipinski definition) is 4. The summed E-state index contributed by atoms with van der Waals surface area (Å²) >= 11 is 0. The van der Waals surface area contributed by atoms with Crippen molar-refractivity contribution in [1.82, 2.24) is 10.6 Å². The van der Waals surface area contributed by atoms with Gasteiger partial charge in [-0.1, -0.05) is 43.2 Å². The standard InChI is InChI=1S/C26H34F3N3O3/c1-5-6-23(33)22(15-30-14-19-9-7-16(2)11-18(19)4)32-25(35)13-24(34)31-20-10-8-17(3)21(12-20)26(27,28)29/h7-12,22-23,30,33H,5-6,13-15H2,1-4H3,(H,31,34)(H,32,35)/t22-,23-/m0/s1. The zero-order chi connectivity index (χ0) is 26.2. The third kappa shape index (κ3) is 8.99. The van der Waals surface area contributed by atoms with Crippen molar-refractivity contribution in [2.75, 3.05) is 11.9 Å². The molecule has 9 heteroatoms. The molecule has 0 saturated carbocycles. The average Bonchev–Trinajstić information content (AvgIpc) is 2.75. The summed E-state index contributed by atoms with van der Waals surface area (Å²) in [4.78, 5) is 24.8. The van der Waals surface area contributed by atoms with Gasteiger partial charge in [0, 0.05) is 18.8 Å². The first kappa shape index (κ1) is 28.3. The van der Waals surface area contributed by atoms with Crippen LogP contribution >= 0.6 is 0 Å². The van der Waals surface area contributed by atoms with E-state index in [1.165, 1.54) is 19.1 Å². The van der Waals surface area contributed by atoms with Crippen molar-refractivity contribution >= 4 is 17.5 Å². The Morgan fingerprint density at radius 3 is 2.34 bits per heavy atom. The minimum absolute atomic E-state index is 0.0364. The highest BCUT2D eigenvalue weighted by Crippen LogP contribution is 2.33. The van der Waals surface area contributed by atoms with E-state index in [0.29, 0.717) is 19.4 Å². The maximum absolute atomic E-state index is 13.1. The van der Waals surface area contributed by atoms with Gasteiger partial charge in [0.15, 0.2) is 0 Å². The Morgan fingerprint density at radius 1 is 1.00 bits per heavy atom. The molecular formula is C26H34F3N3O3. The second-order valence-corrected chi connectivity index (χ2v) is 8.84. The number of aryl methyl sites for hydroxylation is 3. The van der Waals surface area contributed by atoms with Crippen LogP contribution in [0, 0.1) is 20.8 Å². The van der Waals surface area contributed by atoms with Gasteiger partial charge in [-0.2, -0.15) is 13.2 Å². The lowest BCUT2D eigenvalue weighted by molar-refractivity contribution is -0.138. The van der Waals surface area contributed by atoms with E-state index in [9.17, 15) is 27.9 Å². The Bertz CT molecular complexity index is 1020. The molecule has 192 valence electrons. The fourth-order valence-electron chi connectivity index (χ4n) is 3.80. The average molecular weight is 494 g/mol. The predicted octanol–water partition coefficient (Wildman–Crippen LogP) is 4.39. The molecule has 0 radical (unpaired) electrons. The van der Waals surface area contributed by atoms with Crippen LogP contribution in [0.1, 0.15) is 54.0 Å². The number of halogens is 3. The largest absolute Gasteiger partial charge is 0.416 e. The van der Waals surface area contributed by atoms with Crippen molar-refractivity contribution in [2.45, 2.75) is 71.8 Å². The quantitative estimate of drug-likeness (QED) is 0.350. The monoisotopic (exact) mass is 493 g/mol. The number of amides is 2. The number of carbonyl (C=O) groups is 2. The van der Waals surface area contributed by atoms with Crippen LogP contribution in [0.4, 0.5) is 18.9 Å². The Kier molecular flexibility index (Phi) is 10.3. The summed E-state index contributed by atoms with van der Waals surface area (Å²) in [6.07, 6.45) is -4.77. The number of nitrogens with one attached hydrogen (secondary N) is 3. The third-order valence-corrected chi connectivity index (χ3v) is 5.72. The smallest absolute Gasteiger partial charge is 0.391 e. The number of aliphatic hydroxyl groups excluding tert-OH is 1. The molecule has 0 heterocycles. The van der Waals surface area contributed by atoms with E-state index in [4.69, 9.17) is 0 Å². The van der Waals surface area contributed by atoms with E-state index in [1.54, 1.807) is 0 Å². The first-order valence-corrected chi connectivity index (χ1v) is 11.6. The summed E-state index contributed by atoms with van der Waals surface area (Å²) in [7, 11) is 0. The molecule has 0 unspecified atom stereocenters. The van der Waals surface area contributed by atoms with Crippen LogP contribution in [0.3, 0.4) is 0 Å². The Hall–Kier alpha value is -2.91. The lowest BCUT2D eigenvalue weighted by Gasteiger charge is -2.24. The van der Waals surface area contributed by atoms with Crippen molar-refractivity contribution in [2.24, 2.45) is 0 Å². The normalized spacial score (nSPS) is 13.3. The topological polar surface area (TPSA) is 90.5 Å². The molecular weight excluding hydrogens is 459 g/mol. The maximum Gasteiger partial charge on any atom is 0.416 e. The molecule has 2 atom stereocenters. The van der Waals surface area contributed by atoms with Crippen LogP contribution in [0.25, 0.3) is 0 Å². The van der Waals surface area contributed by atoms with Crippen molar-refractivity contribution in [3.05, 3.63) is 64.2 Å². The molecule has 0 aliphatic rings. The molecule has 35 heavy (non-hydrogen) atoms. The molecule has 2 rings (SSSR count). The second-order valence-electron chi connectivity index (χ2n) is 8.84. The van der Waals surface area contributed by atoms with Crippen molar-refractivity contribution < 1.29 is 27.9 Å². The third-order valence-electron chi connectivity index (χ3n) is 5.72. The van der Waals surface area contributed by atoms with Gasteiger partial charge in [0.25, 0.3) is 0 Å². The lowest BCUT2D eigenvalue weighted by Crippen LogP contribution is -2.49. The van der Waals surface area contributed by atoms with Crippen LogP contribution < -0.4 is 16.0 Å². The van der Waals surface area contributed by atoms with Gasteiger partial charge in [0.2, 0.25) is 11.8 Å². The number of rotatable bonds is 11. The van der Waals surface area contributed by atoms with Crippen LogP contribution in [0.2, 0.25) is 0 Å². The van der Waals surface area contributed by atoms with Crippen LogP contribution in [-0.2, 0) is 22.3 Å². The summed E-state index contributed by atoms with van der Waals surface area (Å²) in [6.45, 7) is 8.11. The molecule has 0 aliphatic heterocycles. The van der Waals surface area contributed by atoms with Gasteiger partial charge in [0.05, 0.1) is 17.7 Å². The number of aliphatic hydroxyl groups is 1. The zero-order valence-corrected chi connectivity index (χ0v) is 20.6. The predicted molar refractivity (Wildman–Crippen MR) is 130 cm³/mol.